The van der Waals surface area contributed by atoms with Gasteiger partial charge in [0.05, 0.1) is 18.3 Å². The van der Waals surface area contributed by atoms with Crippen LogP contribution >= 0.6 is 11.8 Å². The van der Waals surface area contributed by atoms with Crippen LogP contribution in [0.5, 0.6) is 5.75 Å². The third-order valence-electron chi connectivity index (χ3n) is 3.33. The number of nitrogens with one attached hydrogen (secondary N) is 1. The van der Waals surface area contributed by atoms with Gasteiger partial charge in [0.2, 0.25) is 0 Å². The van der Waals surface area contributed by atoms with Crippen LogP contribution in [0, 0.1) is 6.92 Å². The van der Waals surface area contributed by atoms with Crippen LogP contribution in [0.15, 0.2) is 41.7 Å². The molecule has 5 heteroatoms. The molecule has 0 aliphatic heterocycles. The summed E-state index contributed by atoms with van der Waals surface area (Å²) < 4.78 is 5.30. The molecule has 0 unspecified atom stereocenters. The highest BCUT2D eigenvalue weighted by Crippen LogP contribution is 2.24. The predicted octanol–water partition coefficient (Wildman–Crippen LogP) is 4.13. The average molecular weight is 329 g/mol. The van der Waals surface area contributed by atoms with Crippen LogP contribution in [0.3, 0.4) is 0 Å². The zero-order chi connectivity index (χ0) is 17.0. The fourth-order valence-corrected chi connectivity index (χ4v) is 2.83. The summed E-state index contributed by atoms with van der Waals surface area (Å²) in [4.78, 5) is 9.32. The number of fused-ring (bicyclic) bond motifs is 1. The maximum Gasteiger partial charge on any atom is 0.124 e. The number of benzene rings is 1. The van der Waals surface area contributed by atoms with Crippen LogP contribution in [-0.2, 0) is 0 Å². The van der Waals surface area contributed by atoms with E-state index in [1.165, 1.54) is 0 Å². The third-order valence-corrected chi connectivity index (χ3v) is 4.02. The number of pyridine rings is 1. The zero-order valence-corrected chi connectivity index (χ0v) is 15.1. The molecule has 4 nitrogen and oxygen atoms in total. The smallest absolute Gasteiger partial charge is 0.124 e. The van der Waals surface area contributed by atoms with E-state index in [-0.39, 0.29) is 0 Å². The average Bonchev–Trinajstić information content (AvgIpc) is 2.51. The summed E-state index contributed by atoms with van der Waals surface area (Å²) in [6, 6.07) is 8.30. The summed E-state index contributed by atoms with van der Waals surface area (Å²) in [6.07, 6.45) is 1.99. The van der Waals surface area contributed by atoms with Crippen molar-refractivity contribution in [1.82, 2.24) is 10.3 Å². The topological polar surface area (TPSA) is 46.5 Å². The van der Waals surface area contributed by atoms with Crippen molar-refractivity contribution in [1.29, 1.82) is 0 Å². The molecular weight excluding hydrogens is 306 g/mol. The molecule has 1 N–H and O–H groups in total. The molecule has 0 fully saturated rings. The van der Waals surface area contributed by atoms with Crippen molar-refractivity contribution < 1.29 is 4.74 Å². The molecule has 1 heterocycles. The first kappa shape index (κ1) is 17.3. The third kappa shape index (κ3) is 4.26. The van der Waals surface area contributed by atoms with E-state index in [1.54, 1.807) is 18.9 Å². The molecule has 122 valence electrons. The number of nitrogens with zero attached hydrogens (tertiary/aromatic N) is 2. The van der Waals surface area contributed by atoms with Crippen molar-refractivity contribution in [3.63, 3.8) is 0 Å². The molecule has 0 bridgehead atoms. The van der Waals surface area contributed by atoms with E-state index >= 15 is 0 Å². The van der Waals surface area contributed by atoms with E-state index in [4.69, 9.17) is 9.72 Å². The summed E-state index contributed by atoms with van der Waals surface area (Å²) in [5.41, 5.74) is 2.92. The van der Waals surface area contributed by atoms with Gasteiger partial charge in [0.25, 0.3) is 0 Å². The van der Waals surface area contributed by atoms with Crippen molar-refractivity contribution >= 4 is 27.7 Å². The minimum atomic E-state index is 0.296. The van der Waals surface area contributed by atoms with Gasteiger partial charge in [0, 0.05) is 17.5 Å². The van der Waals surface area contributed by atoms with E-state index in [1.807, 2.05) is 24.5 Å². The molecule has 0 saturated heterocycles. The Kier molecular flexibility index (Phi) is 5.66. The van der Waals surface area contributed by atoms with Crippen LogP contribution in [0.25, 0.3) is 10.9 Å². The van der Waals surface area contributed by atoms with Gasteiger partial charge >= 0.3 is 0 Å². The quantitative estimate of drug-likeness (QED) is 0.662. The molecule has 2 aromatic rings. The van der Waals surface area contributed by atoms with Gasteiger partial charge in [-0.25, -0.2) is 9.98 Å². The molecule has 0 amide bonds. The largest absolute Gasteiger partial charge is 0.497 e. The first-order chi connectivity index (χ1) is 10.9. The molecule has 0 saturated carbocycles. The van der Waals surface area contributed by atoms with Gasteiger partial charge in [-0.15, -0.1) is 11.8 Å². The molecule has 1 aromatic heterocycles. The molecule has 2 rings (SSSR count). The van der Waals surface area contributed by atoms with Crippen LogP contribution < -0.4 is 10.1 Å². The van der Waals surface area contributed by atoms with E-state index in [0.29, 0.717) is 11.9 Å². The van der Waals surface area contributed by atoms with Crippen LogP contribution in [0.1, 0.15) is 25.1 Å². The maximum absolute atomic E-state index is 5.30. The van der Waals surface area contributed by atoms with Gasteiger partial charge in [-0.2, -0.15) is 0 Å². The van der Waals surface area contributed by atoms with Crippen molar-refractivity contribution in [2.45, 2.75) is 26.8 Å². The van der Waals surface area contributed by atoms with E-state index in [0.717, 1.165) is 33.0 Å². The molecule has 0 aliphatic carbocycles. The lowest BCUT2D eigenvalue weighted by molar-refractivity contribution is 0.415. The van der Waals surface area contributed by atoms with Gasteiger partial charge in [-0.1, -0.05) is 6.58 Å². The standard InChI is InChI=1S/C18H23N3OS/c1-11(2)19-13(4)20-18(23-6)17-9-12(3)15-8-7-14(22-5)10-16(15)21-17/h7-11,19H,4H2,1-3,5-6H3/b20-18-. The second-order valence-corrected chi connectivity index (χ2v) is 6.37. The number of aryl methyl sites for hydroxylation is 1. The number of hydrogen-bond donors (Lipinski definition) is 1. The number of methoxy groups -OCH3 is 1. The Morgan fingerprint density at radius 1 is 1.35 bits per heavy atom. The van der Waals surface area contributed by atoms with E-state index in [2.05, 4.69) is 43.7 Å². The Labute approximate surface area is 142 Å². The van der Waals surface area contributed by atoms with Gasteiger partial charge in [-0.05, 0) is 50.8 Å². The molecule has 0 atom stereocenters. The maximum atomic E-state index is 5.30. The molecule has 1 aromatic carbocycles. The minimum absolute atomic E-state index is 0.296. The van der Waals surface area contributed by atoms with Gasteiger partial charge < -0.3 is 10.1 Å². The Morgan fingerprint density at radius 2 is 2.09 bits per heavy atom. The molecular formula is C18H23N3OS. The number of hydrogen-bond acceptors (Lipinski definition) is 5. The summed E-state index contributed by atoms with van der Waals surface area (Å²) >= 11 is 1.56. The van der Waals surface area contributed by atoms with Crippen LogP contribution in [-0.4, -0.2) is 29.4 Å². The normalized spacial score (nSPS) is 11.8. The van der Waals surface area contributed by atoms with Crippen molar-refractivity contribution in [3.05, 3.63) is 47.9 Å². The van der Waals surface area contributed by atoms with Gasteiger partial charge in [-0.3, -0.25) is 0 Å². The Morgan fingerprint density at radius 3 is 2.70 bits per heavy atom. The van der Waals surface area contributed by atoms with Gasteiger partial charge in [0.1, 0.15) is 16.6 Å². The highest BCUT2D eigenvalue weighted by atomic mass is 32.2. The number of aromatic nitrogens is 1. The van der Waals surface area contributed by atoms with E-state index in [9.17, 15) is 0 Å². The highest BCUT2D eigenvalue weighted by Gasteiger charge is 2.10. The lowest BCUT2D eigenvalue weighted by Crippen LogP contribution is -2.21. The van der Waals surface area contributed by atoms with E-state index < -0.39 is 0 Å². The second-order valence-electron chi connectivity index (χ2n) is 5.57. The summed E-state index contributed by atoms with van der Waals surface area (Å²) in [5.74, 6) is 1.45. The van der Waals surface area contributed by atoms with Crippen molar-refractivity contribution in [2.75, 3.05) is 13.4 Å². The first-order valence-corrected chi connectivity index (χ1v) is 8.71. The monoisotopic (exact) mass is 329 g/mol. The molecule has 0 radical (unpaired) electrons. The van der Waals surface area contributed by atoms with Gasteiger partial charge in [0.15, 0.2) is 0 Å². The Hall–Kier alpha value is -2.01. The zero-order valence-electron chi connectivity index (χ0n) is 14.3. The van der Waals surface area contributed by atoms with Crippen molar-refractivity contribution in [2.24, 2.45) is 4.99 Å². The summed E-state index contributed by atoms with van der Waals surface area (Å²) in [5, 5.41) is 5.17. The molecule has 0 aliphatic rings. The number of aliphatic imine (C=N–C) groups is 1. The Bertz CT molecular complexity index is 753. The van der Waals surface area contributed by atoms with Crippen LogP contribution in [0.4, 0.5) is 0 Å². The first-order valence-electron chi connectivity index (χ1n) is 7.48. The highest BCUT2D eigenvalue weighted by molar-refractivity contribution is 8.13. The van der Waals surface area contributed by atoms with Crippen molar-refractivity contribution in [3.8, 4) is 5.75 Å². The number of rotatable bonds is 5. The Balaban J connectivity index is 2.48. The minimum Gasteiger partial charge on any atom is -0.497 e. The fraction of sp³-hybridized carbons (Fsp3) is 0.333. The predicted molar refractivity (Wildman–Crippen MR) is 100 cm³/mol. The fourth-order valence-electron chi connectivity index (χ4n) is 2.31. The molecule has 23 heavy (non-hydrogen) atoms. The number of thioether (sulfide) groups is 1. The lowest BCUT2D eigenvalue weighted by atomic mass is 10.1. The lowest BCUT2D eigenvalue weighted by Gasteiger charge is -2.12. The van der Waals surface area contributed by atoms with Crippen LogP contribution in [0.2, 0.25) is 0 Å². The number of ether oxygens (including phenoxy) is 1. The molecule has 0 spiro atoms. The summed E-state index contributed by atoms with van der Waals surface area (Å²) in [7, 11) is 1.66. The second kappa shape index (κ2) is 7.51. The SMILES string of the molecule is C=C(/N=C(\SC)c1cc(C)c2ccc(OC)cc2n1)NC(C)C. The summed E-state index contributed by atoms with van der Waals surface area (Å²) in [6.45, 7) is 10.2.